The normalized spacial score (nSPS) is 11.0. The Morgan fingerprint density at radius 2 is 1.96 bits per heavy atom. The van der Waals surface area contributed by atoms with Crippen LogP contribution in [0.2, 0.25) is 0 Å². The molecule has 0 atom stereocenters. The minimum absolute atomic E-state index is 0.0801. The van der Waals surface area contributed by atoms with Gasteiger partial charge in [0, 0.05) is 4.88 Å². The van der Waals surface area contributed by atoms with E-state index in [0.717, 1.165) is 18.4 Å². The van der Waals surface area contributed by atoms with Gasteiger partial charge in [-0.05, 0) is 43.2 Å². The van der Waals surface area contributed by atoms with Crippen molar-refractivity contribution < 1.29 is 14.3 Å². The van der Waals surface area contributed by atoms with Crippen LogP contribution < -0.4 is 10.3 Å². The van der Waals surface area contributed by atoms with E-state index in [9.17, 15) is 9.59 Å². The Morgan fingerprint density at radius 1 is 1.25 bits per heavy atom. The fraction of sp³-hybridized carbons (Fsp3) is 0.350. The van der Waals surface area contributed by atoms with E-state index >= 15 is 0 Å². The maximum absolute atomic E-state index is 13.4. The highest BCUT2D eigenvalue weighted by molar-refractivity contribution is 7.99. The van der Waals surface area contributed by atoms with Gasteiger partial charge in [0.1, 0.15) is 10.6 Å². The second-order valence-electron chi connectivity index (χ2n) is 6.18. The smallest absolute Gasteiger partial charge is 0.316 e. The fourth-order valence-corrected chi connectivity index (χ4v) is 5.08. The zero-order valence-corrected chi connectivity index (χ0v) is 17.9. The predicted molar refractivity (Wildman–Crippen MR) is 113 cm³/mol. The molecule has 148 valence electrons. The Hall–Kier alpha value is -2.32. The maximum Gasteiger partial charge on any atom is 0.316 e. The number of esters is 1. The summed E-state index contributed by atoms with van der Waals surface area (Å²) in [6.45, 7) is 4.09. The number of ether oxygens (including phenoxy) is 2. The molecular weight excluding hydrogens is 396 g/mol. The zero-order chi connectivity index (χ0) is 20.3. The summed E-state index contributed by atoms with van der Waals surface area (Å²) in [6, 6.07) is 7.21. The summed E-state index contributed by atoms with van der Waals surface area (Å²) >= 11 is 2.75. The second-order valence-corrected chi connectivity index (χ2v) is 8.20. The van der Waals surface area contributed by atoms with E-state index in [1.54, 1.807) is 35.1 Å². The molecule has 6 nitrogen and oxygen atoms in total. The van der Waals surface area contributed by atoms with Crippen LogP contribution in [0.15, 0.2) is 34.2 Å². The molecular formula is C20H22N2O4S2. The van der Waals surface area contributed by atoms with Gasteiger partial charge in [0.05, 0.1) is 31.0 Å². The molecule has 0 radical (unpaired) electrons. The number of fused-ring (bicyclic) bond motifs is 1. The van der Waals surface area contributed by atoms with Crippen LogP contribution in [-0.4, -0.2) is 35.5 Å². The molecule has 0 N–H and O–H groups in total. The van der Waals surface area contributed by atoms with E-state index in [1.807, 2.05) is 19.1 Å². The van der Waals surface area contributed by atoms with Crippen LogP contribution in [0.4, 0.5) is 0 Å². The van der Waals surface area contributed by atoms with Gasteiger partial charge in [-0.2, -0.15) is 0 Å². The van der Waals surface area contributed by atoms with Gasteiger partial charge in [-0.25, -0.2) is 4.98 Å². The number of thiophene rings is 1. The van der Waals surface area contributed by atoms with E-state index in [2.05, 4.69) is 6.92 Å². The van der Waals surface area contributed by atoms with Gasteiger partial charge in [-0.15, -0.1) is 11.3 Å². The van der Waals surface area contributed by atoms with Crippen molar-refractivity contribution in [2.75, 3.05) is 20.0 Å². The van der Waals surface area contributed by atoms with Crippen LogP contribution in [0.3, 0.4) is 0 Å². The van der Waals surface area contributed by atoms with E-state index in [-0.39, 0.29) is 17.3 Å². The third kappa shape index (κ3) is 3.93. The van der Waals surface area contributed by atoms with Crippen LogP contribution in [0.1, 0.15) is 23.8 Å². The number of nitrogens with zero attached hydrogens (tertiary/aromatic N) is 2. The molecule has 0 aliphatic carbocycles. The Kier molecular flexibility index (Phi) is 6.41. The van der Waals surface area contributed by atoms with Crippen molar-refractivity contribution in [2.45, 2.75) is 31.8 Å². The molecule has 0 unspecified atom stereocenters. The lowest BCUT2D eigenvalue weighted by atomic mass is 10.1. The number of methoxy groups -OCH3 is 2. The van der Waals surface area contributed by atoms with Crippen molar-refractivity contribution in [3.8, 4) is 11.4 Å². The summed E-state index contributed by atoms with van der Waals surface area (Å²) < 4.78 is 11.5. The largest absolute Gasteiger partial charge is 0.497 e. The van der Waals surface area contributed by atoms with E-state index in [0.29, 0.717) is 26.8 Å². The van der Waals surface area contributed by atoms with Crippen molar-refractivity contribution in [3.05, 3.63) is 45.1 Å². The number of benzene rings is 1. The predicted octanol–water partition coefficient (Wildman–Crippen LogP) is 3.98. The van der Waals surface area contributed by atoms with Crippen LogP contribution in [-0.2, 0) is 16.0 Å². The summed E-state index contributed by atoms with van der Waals surface area (Å²) in [5.74, 6) is 0.415. The highest BCUT2D eigenvalue weighted by Crippen LogP contribution is 2.31. The first-order valence-corrected chi connectivity index (χ1v) is 10.7. The molecule has 0 bridgehead atoms. The number of thioether (sulfide) groups is 1. The molecule has 0 saturated heterocycles. The zero-order valence-electron chi connectivity index (χ0n) is 16.3. The summed E-state index contributed by atoms with van der Waals surface area (Å²) in [5.41, 5.74) is 1.54. The number of rotatable bonds is 7. The topological polar surface area (TPSA) is 70.4 Å². The summed E-state index contributed by atoms with van der Waals surface area (Å²) in [7, 11) is 2.94. The SMILES string of the molecule is CCCc1sc2nc(SCC(=O)OC)n(-c3ccc(OC)cc3)c(=O)c2c1C. The summed E-state index contributed by atoms with van der Waals surface area (Å²) in [4.78, 5) is 31.7. The average molecular weight is 419 g/mol. The van der Waals surface area contributed by atoms with Gasteiger partial charge in [0.2, 0.25) is 0 Å². The monoisotopic (exact) mass is 418 g/mol. The molecule has 3 aromatic rings. The fourth-order valence-electron chi connectivity index (χ4n) is 2.91. The van der Waals surface area contributed by atoms with Crippen LogP contribution in [0.5, 0.6) is 5.75 Å². The van der Waals surface area contributed by atoms with Gasteiger partial charge in [0.25, 0.3) is 5.56 Å². The van der Waals surface area contributed by atoms with Crippen molar-refractivity contribution in [3.63, 3.8) is 0 Å². The second kappa shape index (κ2) is 8.79. The maximum atomic E-state index is 13.4. The first kappa shape index (κ1) is 20.4. The van der Waals surface area contributed by atoms with E-state index in [1.165, 1.54) is 23.7 Å². The quantitative estimate of drug-likeness (QED) is 0.328. The molecule has 2 aromatic heterocycles. The minimum atomic E-state index is -0.366. The first-order valence-electron chi connectivity index (χ1n) is 8.89. The number of aryl methyl sites for hydroxylation is 2. The molecule has 28 heavy (non-hydrogen) atoms. The molecule has 3 rings (SSSR count). The summed E-state index contributed by atoms with van der Waals surface area (Å²) in [5, 5.41) is 1.11. The van der Waals surface area contributed by atoms with Crippen molar-refractivity contribution in [1.29, 1.82) is 0 Å². The number of aromatic nitrogens is 2. The molecule has 0 saturated carbocycles. The van der Waals surface area contributed by atoms with Crippen LogP contribution in [0.25, 0.3) is 15.9 Å². The lowest BCUT2D eigenvalue weighted by Gasteiger charge is -2.12. The van der Waals surface area contributed by atoms with Gasteiger partial charge >= 0.3 is 5.97 Å². The highest BCUT2D eigenvalue weighted by Gasteiger charge is 2.19. The minimum Gasteiger partial charge on any atom is -0.497 e. The molecule has 0 fully saturated rings. The molecule has 8 heteroatoms. The lowest BCUT2D eigenvalue weighted by molar-refractivity contribution is -0.137. The molecule has 2 heterocycles. The van der Waals surface area contributed by atoms with Crippen LogP contribution in [0, 0.1) is 6.92 Å². The van der Waals surface area contributed by atoms with Gasteiger partial charge in [0.15, 0.2) is 5.16 Å². The third-order valence-corrected chi connectivity index (χ3v) is 6.54. The van der Waals surface area contributed by atoms with Crippen molar-refractivity contribution in [2.24, 2.45) is 0 Å². The number of carbonyl (C=O) groups excluding carboxylic acids is 1. The van der Waals surface area contributed by atoms with Crippen molar-refractivity contribution >= 4 is 39.3 Å². The Balaban J connectivity index is 2.21. The Morgan fingerprint density at radius 3 is 2.57 bits per heavy atom. The molecule has 0 spiro atoms. The van der Waals surface area contributed by atoms with Gasteiger partial charge < -0.3 is 9.47 Å². The van der Waals surface area contributed by atoms with Gasteiger partial charge in [-0.3, -0.25) is 14.2 Å². The Labute approximate surface area is 171 Å². The highest BCUT2D eigenvalue weighted by atomic mass is 32.2. The van der Waals surface area contributed by atoms with Crippen LogP contribution >= 0.6 is 23.1 Å². The number of hydrogen-bond donors (Lipinski definition) is 0. The molecule has 0 aliphatic heterocycles. The average Bonchev–Trinajstić information content (AvgIpc) is 3.02. The third-order valence-electron chi connectivity index (χ3n) is 4.39. The lowest BCUT2D eigenvalue weighted by Crippen LogP contribution is -2.22. The van der Waals surface area contributed by atoms with E-state index in [4.69, 9.17) is 14.5 Å². The molecule has 0 amide bonds. The summed E-state index contributed by atoms with van der Waals surface area (Å²) in [6.07, 6.45) is 1.92. The van der Waals surface area contributed by atoms with Crippen molar-refractivity contribution in [1.82, 2.24) is 9.55 Å². The van der Waals surface area contributed by atoms with E-state index < -0.39 is 0 Å². The number of hydrogen-bond acceptors (Lipinski definition) is 7. The molecule has 0 aliphatic rings. The first-order chi connectivity index (χ1) is 13.5. The van der Waals surface area contributed by atoms with Gasteiger partial charge in [-0.1, -0.05) is 25.1 Å². The Bertz CT molecular complexity index is 1050. The standard InChI is InChI=1S/C20H22N2O4S2/c1-5-6-15-12(2)17-18(28-15)21-20(27-11-16(23)26-4)22(19(17)24)13-7-9-14(25-3)10-8-13/h7-10H,5-6,11H2,1-4H3. The number of carbonyl (C=O) groups is 1. The molecule has 1 aromatic carbocycles.